The third-order valence-electron chi connectivity index (χ3n) is 4.09. The second kappa shape index (κ2) is 8.53. The molecule has 3 heteroatoms. The SMILES string of the molecule is CCCC(CCC)c1cc(C)cc([B]c2cc(C#N)ccn2)c1. The average molecular weight is 303 g/mol. The molecule has 2 nitrogen and oxygen atoms in total. The zero-order valence-electron chi connectivity index (χ0n) is 14.3. The summed E-state index contributed by atoms with van der Waals surface area (Å²) in [7, 11) is 2.06. The van der Waals surface area contributed by atoms with Crippen LogP contribution in [-0.4, -0.2) is 12.3 Å². The second-order valence-corrected chi connectivity index (χ2v) is 6.18. The smallest absolute Gasteiger partial charge is 0.217 e. The third kappa shape index (κ3) is 4.96. The molecule has 0 aliphatic carbocycles. The zero-order valence-corrected chi connectivity index (χ0v) is 14.3. The Labute approximate surface area is 140 Å². The molecule has 1 aromatic carbocycles. The van der Waals surface area contributed by atoms with Crippen LogP contribution < -0.4 is 11.1 Å². The first-order valence-corrected chi connectivity index (χ1v) is 8.48. The van der Waals surface area contributed by atoms with Crippen molar-refractivity contribution in [2.45, 2.75) is 52.4 Å². The van der Waals surface area contributed by atoms with E-state index >= 15 is 0 Å². The van der Waals surface area contributed by atoms with Crippen molar-refractivity contribution in [2.75, 3.05) is 0 Å². The number of pyridine rings is 1. The van der Waals surface area contributed by atoms with Gasteiger partial charge >= 0.3 is 0 Å². The first kappa shape index (κ1) is 17.3. The molecular formula is C20H24BN2. The van der Waals surface area contributed by atoms with Crippen molar-refractivity contribution < 1.29 is 0 Å². The Balaban J connectivity index is 2.27. The fraction of sp³-hybridized carbons (Fsp3) is 0.400. The predicted octanol–water partition coefficient (Wildman–Crippen LogP) is 3.60. The van der Waals surface area contributed by atoms with Crippen LogP contribution in [0, 0.1) is 18.3 Å². The van der Waals surface area contributed by atoms with Crippen LogP contribution in [0.1, 0.15) is 62.1 Å². The molecule has 23 heavy (non-hydrogen) atoms. The summed E-state index contributed by atoms with van der Waals surface area (Å²) in [6.45, 7) is 6.65. The molecule has 1 heterocycles. The molecule has 117 valence electrons. The molecular weight excluding hydrogens is 279 g/mol. The van der Waals surface area contributed by atoms with E-state index in [1.807, 2.05) is 6.07 Å². The normalized spacial score (nSPS) is 10.6. The van der Waals surface area contributed by atoms with Crippen LogP contribution in [0.5, 0.6) is 0 Å². The monoisotopic (exact) mass is 303 g/mol. The summed E-state index contributed by atoms with van der Waals surface area (Å²) in [5.74, 6) is 0.635. The Bertz CT molecular complexity index is 682. The summed E-state index contributed by atoms with van der Waals surface area (Å²) in [4.78, 5) is 4.35. The molecule has 0 unspecified atom stereocenters. The number of nitrogens with zero attached hydrogens (tertiary/aromatic N) is 2. The number of hydrogen-bond donors (Lipinski definition) is 0. The van der Waals surface area contributed by atoms with Crippen LogP contribution in [0.3, 0.4) is 0 Å². The van der Waals surface area contributed by atoms with E-state index < -0.39 is 0 Å². The van der Waals surface area contributed by atoms with Gasteiger partial charge in [-0.15, -0.1) is 0 Å². The van der Waals surface area contributed by atoms with Gasteiger partial charge in [0.05, 0.1) is 11.6 Å². The molecule has 0 aliphatic rings. The summed E-state index contributed by atoms with van der Waals surface area (Å²) < 4.78 is 0. The third-order valence-corrected chi connectivity index (χ3v) is 4.09. The molecule has 0 saturated carbocycles. The maximum Gasteiger partial charge on any atom is 0.217 e. The largest absolute Gasteiger partial charge is 0.272 e. The lowest BCUT2D eigenvalue weighted by Crippen LogP contribution is -2.30. The van der Waals surface area contributed by atoms with Gasteiger partial charge in [-0.1, -0.05) is 55.9 Å². The van der Waals surface area contributed by atoms with Gasteiger partial charge in [-0.2, -0.15) is 5.26 Å². The first-order chi connectivity index (χ1) is 11.2. The van der Waals surface area contributed by atoms with Crippen molar-refractivity contribution in [2.24, 2.45) is 0 Å². The van der Waals surface area contributed by atoms with Gasteiger partial charge in [-0.3, -0.25) is 4.98 Å². The van der Waals surface area contributed by atoms with Gasteiger partial charge < -0.3 is 0 Å². The number of hydrogen-bond acceptors (Lipinski definition) is 2. The van der Waals surface area contributed by atoms with Crippen molar-refractivity contribution in [3.05, 3.63) is 53.2 Å². The molecule has 0 saturated heterocycles. The molecule has 0 aliphatic heterocycles. The summed E-state index contributed by atoms with van der Waals surface area (Å²) in [5.41, 5.74) is 5.36. The van der Waals surface area contributed by atoms with Crippen molar-refractivity contribution >= 4 is 18.3 Å². The van der Waals surface area contributed by atoms with Gasteiger partial charge in [-0.05, 0) is 43.4 Å². The summed E-state index contributed by atoms with van der Waals surface area (Å²) in [5, 5.41) is 9.02. The molecule has 1 radical (unpaired) electrons. The van der Waals surface area contributed by atoms with E-state index in [-0.39, 0.29) is 0 Å². The summed E-state index contributed by atoms with van der Waals surface area (Å²) in [6, 6.07) is 12.5. The summed E-state index contributed by atoms with van der Waals surface area (Å²) >= 11 is 0. The Morgan fingerprint density at radius 3 is 2.52 bits per heavy atom. The highest BCUT2D eigenvalue weighted by molar-refractivity contribution is 6.66. The highest BCUT2D eigenvalue weighted by Crippen LogP contribution is 2.26. The number of nitriles is 1. The van der Waals surface area contributed by atoms with E-state index in [4.69, 9.17) is 5.26 Å². The van der Waals surface area contributed by atoms with Gasteiger partial charge in [0, 0.05) is 11.8 Å². The number of aromatic nitrogens is 1. The van der Waals surface area contributed by atoms with E-state index in [9.17, 15) is 0 Å². The Morgan fingerprint density at radius 1 is 1.13 bits per heavy atom. The van der Waals surface area contributed by atoms with E-state index in [0.717, 1.165) is 5.59 Å². The molecule has 0 fully saturated rings. The molecule has 0 bridgehead atoms. The van der Waals surface area contributed by atoms with Gasteiger partial charge in [0.15, 0.2) is 0 Å². The Hall–Kier alpha value is -2.08. The minimum absolute atomic E-state index is 0.635. The maximum absolute atomic E-state index is 9.02. The molecule has 0 spiro atoms. The average Bonchev–Trinajstić information content (AvgIpc) is 2.54. The summed E-state index contributed by atoms with van der Waals surface area (Å²) in [6.07, 6.45) is 6.59. The topological polar surface area (TPSA) is 36.7 Å². The Morgan fingerprint density at radius 2 is 1.87 bits per heavy atom. The lowest BCUT2D eigenvalue weighted by molar-refractivity contribution is 0.561. The van der Waals surface area contributed by atoms with Gasteiger partial charge in [-0.25, -0.2) is 0 Å². The quantitative estimate of drug-likeness (QED) is 0.733. The van der Waals surface area contributed by atoms with E-state index in [2.05, 4.69) is 57.3 Å². The van der Waals surface area contributed by atoms with Gasteiger partial charge in [0.2, 0.25) is 7.28 Å². The lowest BCUT2D eigenvalue weighted by atomic mass is 9.65. The molecule has 1 aromatic heterocycles. The zero-order chi connectivity index (χ0) is 16.7. The highest BCUT2D eigenvalue weighted by atomic mass is 14.6. The van der Waals surface area contributed by atoms with Gasteiger partial charge in [0.1, 0.15) is 0 Å². The van der Waals surface area contributed by atoms with Crippen LogP contribution in [-0.2, 0) is 0 Å². The highest BCUT2D eigenvalue weighted by Gasteiger charge is 2.12. The minimum Gasteiger partial charge on any atom is -0.272 e. The predicted molar refractivity (Wildman–Crippen MR) is 97.7 cm³/mol. The van der Waals surface area contributed by atoms with E-state index in [1.165, 1.54) is 42.3 Å². The molecule has 0 atom stereocenters. The molecule has 2 rings (SSSR count). The van der Waals surface area contributed by atoms with Crippen LogP contribution in [0.15, 0.2) is 36.5 Å². The number of rotatable bonds is 7. The number of benzene rings is 1. The maximum atomic E-state index is 9.02. The van der Waals surface area contributed by atoms with Crippen molar-refractivity contribution in [3.8, 4) is 6.07 Å². The lowest BCUT2D eigenvalue weighted by Gasteiger charge is -2.18. The fourth-order valence-corrected chi connectivity index (χ4v) is 3.10. The van der Waals surface area contributed by atoms with Crippen LogP contribution in [0.2, 0.25) is 0 Å². The van der Waals surface area contributed by atoms with Crippen molar-refractivity contribution in [1.29, 1.82) is 5.26 Å². The molecule has 0 amide bonds. The number of aryl methyl sites for hydroxylation is 1. The minimum atomic E-state index is 0.635. The first-order valence-electron chi connectivity index (χ1n) is 8.48. The van der Waals surface area contributed by atoms with Crippen molar-refractivity contribution in [3.63, 3.8) is 0 Å². The standard InChI is InChI=1S/C20H24BN2/c1-4-6-17(7-5-2)18-10-15(3)11-19(13-18)21-20-12-16(14-22)8-9-23-20/h8-13,17H,4-7H2,1-3H3. The molecule has 2 aromatic rings. The van der Waals surface area contributed by atoms with E-state index in [1.54, 1.807) is 12.3 Å². The van der Waals surface area contributed by atoms with Crippen LogP contribution in [0.4, 0.5) is 0 Å². The Kier molecular flexibility index (Phi) is 6.41. The van der Waals surface area contributed by atoms with Crippen LogP contribution >= 0.6 is 0 Å². The van der Waals surface area contributed by atoms with Crippen LogP contribution in [0.25, 0.3) is 0 Å². The molecule has 0 N–H and O–H groups in total. The van der Waals surface area contributed by atoms with E-state index in [0.29, 0.717) is 11.5 Å². The van der Waals surface area contributed by atoms with Gasteiger partial charge in [0.25, 0.3) is 0 Å². The van der Waals surface area contributed by atoms with Crippen molar-refractivity contribution in [1.82, 2.24) is 4.98 Å². The fourth-order valence-electron chi connectivity index (χ4n) is 3.10. The second-order valence-electron chi connectivity index (χ2n) is 6.18.